The normalized spacial score (nSPS) is 16.5. The van der Waals surface area contributed by atoms with Gasteiger partial charge in [-0.05, 0) is 53.7 Å². The molecule has 0 unspecified atom stereocenters. The summed E-state index contributed by atoms with van der Waals surface area (Å²) in [6.45, 7) is 0. The van der Waals surface area contributed by atoms with Crippen LogP contribution >= 0.6 is 46.6 Å². The van der Waals surface area contributed by atoms with Gasteiger partial charge in [0.15, 0.2) is 0 Å². The quantitative estimate of drug-likeness (QED) is 0.606. The van der Waals surface area contributed by atoms with Crippen molar-refractivity contribution in [2.24, 2.45) is 0 Å². The van der Waals surface area contributed by atoms with E-state index in [9.17, 15) is 9.59 Å². The Kier molecular flexibility index (Phi) is 4.69. The number of imide groups is 1. The fraction of sp³-hybridized carbons (Fsp3) is 0. The minimum Gasteiger partial charge on any atom is -0.268 e. The summed E-state index contributed by atoms with van der Waals surface area (Å²) in [5.74, 6) is -0.409. The third kappa shape index (κ3) is 3.40. The van der Waals surface area contributed by atoms with Gasteiger partial charge in [-0.2, -0.15) is 0 Å². The smallest absolute Gasteiger partial charge is 0.268 e. The van der Waals surface area contributed by atoms with Crippen LogP contribution < -0.4 is 4.90 Å². The van der Waals surface area contributed by atoms with E-state index >= 15 is 0 Å². The van der Waals surface area contributed by atoms with Crippen LogP contribution in [0, 0.1) is 0 Å². The van der Waals surface area contributed by atoms with Crippen molar-refractivity contribution in [3.8, 4) is 0 Å². The lowest BCUT2D eigenvalue weighted by atomic mass is 10.2. The zero-order valence-electron chi connectivity index (χ0n) is 11.4. The highest BCUT2D eigenvalue weighted by molar-refractivity contribution is 8.19. The summed E-state index contributed by atoms with van der Waals surface area (Å²) in [5.41, 5.74) is 1.05. The van der Waals surface area contributed by atoms with Crippen LogP contribution in [-0.4, -0.2) is 11.1 Å². The first kappa shape index (κ1) is 16.4. The number of anilines is 1. The second kappa shape index (κ2) is 6.57. The molecule has 0 bridgehead atoms. The zero-order valence-corrected chi connectivity index (χ0v) is 14.5. The maximum atomic E-state index is 12.5. The van der Waals surface area contributed by atoms with E-state index in [0.717, 1.165) is 16.7 Å². The minimum absolute atomic E-state index is 0.291. The van der Waals surface area contributed by atoms with Gasteiger partial charge < -0.3 is 0 Å². The van der Waals surface area contributed by atoms with Crippen LogP contribution in [0.15, 0.2) is 47.4 Å². The van der Waals surface area contributed by atoms with Gasteiger partial charge in [0.1, 0.15) is 0 Å². The summed E-state index contributed by atoms with van der Waals surface area (Å²) in [7, 11) is 0. The van der Waals surface area contributed by atoms with Gasteiger partial charge in [0.25, 0.3) is 11.1 Å². The van der Waals surface area contributed by atoms with E-state index in [-0.39, 0.29) is 5.24 Å². The first-order chi connectivity index (χ1) is 11.0. The summed E-state index contributed by atoms with van der Waals surface area (Å²) in [6.07, 6.45) is 1.58. The Labute approximate surface area is 151 Å². The molecule has 0 atom stereocenters. The van der Waals surface area contributed by atoms with Crippen molar-refractivity contribution >= 4 is 69.5 Å². The van der Waals surface area contributed by atoms with Crippen molar-refractivity contribution < 1.29 is 9.59 Å². The van der Waals surface area contributed by atoms with Crippen LogP contribution in [0.2, 0.25) is 15.1 Å². The van der Waals surface area contributed by atoms with Crippen molar-refractivity contribution in [1.29, 1.82) is 0 Å². The van der Waals surface area contributed by atoms with Crippen molar-refractivity contribution in [2.75, 3.05) is 4.90 Å². The summed E-state index contributed by atoms with van der Waals surface area (Å²) in [6, 6.07) is 11.5. The largest absolute Gasteiger partial charge is 0.298 e. The molecule has 2 aromatic carbocycles. The number of halogens is 3. The van der Waals surface area contributed by atoms with Gasteiger partial charge >= 0.3 is 0 Å². The summed E-state index contributed by atoms with van der Waals surface area (Å²) >= 11 is 18.7. The van der Waals surface area contributed by atoms with Crippen molar-refractivity contribution in [3.05, 3.63) is 68.0 Å². The van der Waals surface area contributed by atoms with Crippen LogP contribution in [0.5, 0.6) is 0 Å². The SMILES string of the molecule is O=C1S/C(=C\c2ccc(Cl)cc2Cl)C(=O)N1c1cccc(Cl)c1. The average Bonchev–Trinajstić information content (AvgIpc) is 2.76. The number of carbonyl (C=O) groups excluding carboxylic acids is 2. The molecule has 1 aliphatic rings. The molecule has 0 radical (unpaired) electrons. The zero-order chi connectivity index (χ0) is 16.6. The molecule has 0 N–H and O–H groups in total. The topological polar surface area (TPSA) is 37.4 Å². The lowest BCUT2D eigenvalue weighted by Crippen LogP contribution is -2.27. The molecule has 116 valence electrons. The number of benzene rings is 2. The van der Waals surface area contributed by atoms with Crippen molar-refractivity contribution in [2.45, 2.75) is 0 Å². The standard InChI is InChI=1S/C16H8Cl3NO2S/c17-10-2-1-3-12(7-10)20-15(21)14(23-16(20)22)6-9-4-5-11(18)8-13(9)19/h1-8H/b14-6-. The molecule has 0 spiro atoms. The molecule has 2 aromatic rings. The number of hydrogen-bond acceptors (Lipinski definition) is 3. The summed E-state index contributed by atoms with van der Waals surface area (Å²) < 4.78 is 0. The van der Waals surface area contributed by atoms with Crippen LogP contribution in [0.1, 0.15) is 5.56 Å². The molecule has 1 saturated heterocycles. The molecule has 7 heteroatoms. The van der Waals surface area contributed by atoms with Gasteiger partial charge in [0, 0.05) is 15.1 Å². The second-order valence-electron chi connectivity index (χ2n) is 4.66. The molecular formula is C16H8Cl3NO2S. The molecule has 3 rings (SSSR count). The molecule has 1 fully saturated rings. The Bertz CT molecular complexity index is 851. The summed E-state index contributed by atoms with van der Waals surface area (Å²) in [5, 5.41) is 0.978. The molecule has 0 aliphatic carbocycles. The maximum Gasteiger partial charge on any atom is 0.298 e. The average molecular weight is 385 g/mol. The predicted molar refractivity (Wildman–Crippen MR) is 96.4 cm³/mol. The number of nitrogens with zero attached hydrogens (tertiary/aromatic N) is 1. The highest BCUT2D eigenvalue weighted by Gasteiger charge is 2.36. The van der Waals surface area contributed by atoms with Crippen LogP contribution in [0.25, 0.3) is 6.08 Å². The fourth-order valence-electron chi connectivity index (χ4n) is 2.07. The lowest BCUT2D eigenvalue weighted by molar-refractivity contribution is -0.113. The molecule has 1 aliphatic heterocycles. The Hall–Kier alpha value is -1.46. The number of amides is 2. The van der Waals surface area contributed by atoms with Crippen LogP contribution in [0.3, 0.4) is 0 Å². The van der Waals surface area contributed by atoms with Crippen molar-refractivity contribution in [3.63, 3.8) is 0 Å². The predicted octanol–water partition coefficient (Wildman–Crippen LogP) is 5.89. The van der Waals surface area contributed by atoms with E-state index in [0.29, 0.717) is 31.2 Å². The van der Waals surface area contributed by atoms with E-state index in [1.807, 2.05) is 0 Å². The number of hydrogen-bond donors (Lipinski definition) is 0. The van der Waals surface area contributed by atoms with Crippen LogP contribution in [-0.2, 0) is 4.79 Å². The van der Waals surface area contributed by atoms with Gasteiger partial charge in [-0.3, -0.25) is 9.59 Å². The third-order valence-electron chi connectivity index (χ3n) is 3.11. The minimum atomic E-state index is -0.409. The molecule has 3 nitrogen and oxygen atoms in total. The van der Waals surface area contributed by atoms with Gasteiger partial charge in [-0.15, -0.1) is 0 Å². The van der Waals surface area contributed by atoms with Gasteiger partial charge in [0.05, 0.1) is 10.6 Å². The van der Waals surface area contributed by atoms with Crippen molar-refractivity contribution in [1.82, 2.24) is 0 Å². The highest BCUT2D eigenvalue weighted by atomic mass is 35.5. The van der Waals surface area contributed by atoms with E-state index < -0.39 is 5.91 Å². The van der Waals surface area contributed by atoms with E-state index in [1.54, 1.807) is 48.5 Å². The van der Waals surface area contributed by atoms with Gasteiger partial charge in [0.2, 0.25) is 0 Å². The van der Waals surface area contributed by atoms with E-state index in [1.165, 1.54) is 0 Å². The first-order valence-electron chi connectivity index (χ1n) is 6.44. The molecule has 2 amide bonds. The number of carbonyl (C=O) groups is 2. The number of thioether (sulfide) groups is 1. The Morgan fingerprint density at radius 2 is 1.70 bits per heavy atom. The second-order valence-corrected chi connectivity index (χ2v) is 6.94. The lowest BCUT2D eigenvalue weighted by Gasteiger charge is -2.12. The molecule has 1 heterocycles. The third-order valence-corrected chi connectivity index (χ3v) is 4.78. The number of rotatable bonds is 2. The van der Waals surface area contributed by atoms with Crippen LogP contribution in [0.4, 0.5) is 10.5 Å². The monoisotopic (exact) mass is 383 g/mol. The van der Waals surface area contributed by atoms with E-state index in [4.69, 9.17) is 34.8 Å². The highest BCUT2D eigenvalue weighted by Crippen LogP contribution is 2.37. The Morgan fingerprint density at radius 1 is 0.957 bits per heavy atom. The molecular weight excluding hydrogens is 377 g/mol. The first-order valence-corrected chi connectivity index (χ1v) is 8.39. The Balaban J connectivity index is 1.96. The fourth-order valence-corrected chi connectivity index (χ4v) is 3.55. The molecule has 0 saturated carbocycles. The summed E-state index contributed by atoms with van der Waals surface area (Å²) in [4.78, 5) is 26.1. The molecule has 23 heavy (non-hydrogen) atoms. The van der Waals surface area contributed by atoms with Gasteiger partial charge in [-0.1, -0.05) is 46.9 Å². The van der Waals surface area contributed by atoms with Gasteiger partial charge in [-0.25, -0.2) is 4.90 Å². The van der Waals surface area contributed by atoms with E-state index in [2.05, 4.69) is 0 Å². The maximum absolute atomic E-state index is 12.5. The molecule has 0 aromatic heterocycles. The Morgan fingerprint density at radius 3 is 2.39 bits per heavy atom.